The van der Waals surface area contributed by atoms with Gasteiger partial charge in [-0.05, 0) is 0 Å². The van der Waals surface area contributed by atoms with Crippen molar-refractivity contribution in [1.82, 2.24) is 0 Å². The van der Waals surface area contributed by atoms with Crippen molar-refractivity contribution in [2.75, 3.05) is 33.0 Å². The van der Waals surface area contributed by atoms with E-state index in [0.717, 1.165) is 13.2 Å². The SMILES string of the molecule is C1CO1.OC[C@H]1OC(CO)(O[C@H]2O[C@H](CO)[C@@H](O)[C@H](O)[C@H]2O)[C@@H](O)[C@@H]1O. The Morgan fingerprint density at radius 2 is 1.38 bits per heavy atom. The van der Waals surface area contributed by atoms with Crippen molar-refractivity contribution in [2.45, 2.75) is 54.8 Å². The van der Waals surface area contributed by atoms with Gasteiger partial charge in [0.15, 0.2) is 6.29 Å². The maximum Gasteiger partial charge on any atom is 0.224 e. The zero-order valence-electron chi connectivity index (χ0n) is 13.9. The minimum atomic E-state index is -2.22. The third kappa shape index (κ3) is 4.49. The molecule has 0 radical (unpaired) electrons. The normalized spacial score (nSPS) is 48.0. The van der Waals surface area contributed by atoms with Gasteiger partial charge in [-0.1, -0.05) is 0 Å². The van der Waals surface area contributed by atoms with Crippen LogP contribution in [0.1, 0.15) is 0 Å². The lowest BCUT2D eigenvalue weighted by atomic mass is 9.99. The molecule has 0 aliphatic carbocycles. The maximum absolute atomic E-state index is 10.00. The van der Waals surface area contributed by atoms with Crippen molar-refractivity contribution >= 4 is 0 Å². The largest absolute Gasteiger partial charge is 0.394 e. The van der Waals surface area contributed by atoms with Gasteiger partial charge in [0, 0.05) is 0 Å². The summed E-state index contributed by atoms with van der Waals surface area (Å²) in [6.45, 7) is -0.322. The topological polar surface area (TPSA) is 202 Å². The van der Waals surface area contributed by atoms with Crippen molar-refractivity contribution < 1.29 is 59.8 Å². The molecule has 3 fully saturated rings. The first-order valence-electron chi connectivity index (χ1n) is 8.13. The molecule has 1 unspecified atom stereocenters. The van der Waals surface area contributed by atoms with Crippen LogP contribution in [-0.4, -0.2) is 129 Å². The first-order valence-corrected chi connectivity index (χ1v) is 8.13. The first-order chi connectivity index (χ1) is 12.3. The molecule has 9 atom stereocenters. The second-order valence-electron chi connectivity index (χ2n) is 6.17. The third-order valence-electron chi connectivity index (χ3n) is 4.27. The lowest BCUT2D eigenvalue weighted by Gasteiger charge is -2.43. The number of hydrogen-bond donors (Lipinski definition) is 8. The van der Waals surface area contributed by atoms with Crippen molar-refractivity contribution in [3.05, 3.63) is 0 Å². The van der Waals surface area contributed by atoms with Crippen LogP contribution in [0.15, 0.2) is 0 Å². The minimum absolute atomic E-state index is 0.669. The molecule has 3 saturated heterocycles. The molecule has 0 amide bonds. The van der Waals surface area contributed by atoms with Crippen LogP contribution in [0, 0.1) is 0 Å². The first kappa shape index (κ1) is 21.8. The number of aliphatic hydroxyl groups is 8. The molecule has 3 heterocycles. The Balaban J connectivity index is 0.000000732. The highest BCUT2D eigenvalue weighted by molar-refractivity contribution is 4.98. The summed E-state index contributed by atoms with van der Waals surface area (Å²) in [5, 5.41) is 76.7. The molecule has 3 rings (SSSR count). The van der Waals surface area contributed by atoms with Gasteiger partial charge in [-0.2, -0.15) is 0 Å². The fourth-order valence-corrected chi connectivity index (χ4v) is 2.63. The molecule has 3 aliphatic rings. The summed E-state index contributed by atoms with van der Waals surface area (Å²) in [5.74, 6) is -2.22. The van der Waals surface area contributed by atoms with Gasteiger partial charge in [0.2, 0.25) is 5.79 Å². The Labute approximate surface area is 148 Å². The molecule has 12 heteroatoms. The van der Waals surface area contributed by atoms with Crippen LogP contribution in [0.3, 0.4) is 0 Å². The molecular formula is C14H26O12. The second kappa shape index (κ2) is 9.14. The number of epoxide rings is 1. The molecule has 8 N–H and O–H groups in total. The smallest absolute Gasteiger partial charge is 0.224 e. The molecule has 0 aromatic heterocycles. The Hall–Kier alpha value is -0.480. The van der Waals surface area contributed by atoms with Crippen molar-refractivity contribution in [3.63, 3.8) is 0 Å². The summed E-state index contributed by atoms with van der Waals surface area (Å²) < 4.78 is 19.9. The summed E-state index contributed by atoms with van der Waals surface area (Å²) in [7, 11) is 0. The van der Waals surface area contributed by atoms with E-state index in [1.165, 1.54) is 0 Å². The predicted molar refractivity (Wildman–Crippen MR) is 79.5 cm³/mol. The van der Waals surface area contributed by atoms with Crippen molar-refractivity contribution in [1.29, 1.82) is 0 Å². The van der Waals surface area contributed by atoms with Gasteiger partial charge in [0.25, 0.3) is 0 Å². The lowest BCUT2D eigenvalue weighted by molar-refractivity contribution is -0.383. The van der Waals surface area contributed by atoms with Gasteiger partial charge in [-0.3, -0.25) is 0 Å². The van der Waals surface area contributed by atoms with Crippen molar-refractivity contribution in [3.8, 4) is 0 Å². The summed E-state index contributed by atoms with van der Waals surface area (Å²) in [6.07, 6.45) is -12.7. The van der Waals surface area contributed by atoms with Gasteiger partial charge in [0.1, 0.15) is 49.3 Å². The van der Waals surface area contributed by atoms with Crippen LogP contribution in [-0.2, 0) is 18.9 Å². The van der Waals surface area contributed by atoms with Gasteiger partial charge >= 0.3 is 0 Å². The van der Waals surface area contributed by atoms with E-state index in [2.05, 4.69) is 4.74 Å². The number of ether oxygens (including phenoxy) is 4. The Morgan fingerprint density at radius 3 is 1.81 bits per heavy atom. The highest BCUT2D eigenvalue weighted by Gasteiger charge is 2.58. The van der Waals surface area contributed by atoms with E-state index in [1.807, 2.05) is 0 Å². The predicted octanol–water partition coefficient (Wildman–Crippen LogP) is -5.38. The third-order valence-corrected chi connectivity index (χ3v) is 4.27. The standard InChI is InChI=1S/C12H22O11.C2H4O/c13-1-4-6(16)8(18)9(19)11(21-4)23-12(3-15)10(20)7(17)5(2-14)22-12;1-2-3-1/h4-11,13-20H,1-3H2;1-2H2/t4-,5-,6-,7-,8+,9-,10+,11-,12?;/m1./s1. The number of aliphatic hydroxyl groups excluding tert-OH is 8. The monoisotopic (exact) mass is 386 g/mol. The van der Waals surface area contributed by atoms with Crippen molar-refractivity contribution in [2.24, 2.45) is 0 Å². The van der Waals surface area contributed by atoms with Crippen LogP contribution < -0.4 is 0 Å². The summed E-state index contributed by atoms with van der Waals surface area (Å²) in [4.78, 5) is 0. The van der Waals surface area contributed by atoms with Gasteiger partial charge in [0.05, 0.1) is 26.4 Å². The molecule has 3 aliphatic heterocycles. The van der Waals surface area contributed by atoms with E-state index in [1.54, 1.807) is 0 Å². The molecule has 0 spiro atoms. The Kier molecular flexibility index (Phi) is 7.67. The van der Waals surface area contributed by atoms with E-state index in [9.17, 15) is 30.6 Å². The van der Waals surface area contributed by atoms with Crippen LogP contribution in [0.4, 0.5) is 0 Å². The van der Waals surface area contributed by atoms with Gasteiger partial charge in [-0.15, -0.1) is 0 Å². The average molecular weight is 386 g/mol. The zero-order valence-corrected chi connectivity index (χ0v) is 13.9. The fraction of sp³-hybridized carbons (Fsp3) is 1.00. The van der Waals surface area contributed by atoms with E-state index in [-0.39, 0.29) is 0 Å². The molecular weight excluding hydrogens is 360 g/mol. The van der Waals surface area contributed by atoms with E-state index in [0.29, 0.717) is 0 Å². The van der Waals surface area contributed by atoms with Crippen LogP contribution >= 0.6 is 0 Å². The fourth-order valence-electron chi connectivity index (χ4n) is 2.63. The molecule has 12 nitrogen and oxygen atoms in total. The molecule has 0 aromatic rings. The van der Waals surface area contributed by atoms with Crippen LogP contribution in [0.2, 0.25) is 0 Å². The number of hydrogen-bond acceptors (Lipinski definition) is 12. The van der Waals surface area contributed by atoms with Crippen LogP contribution in [0.5, 0.6) is 0 Å². The van der Waals surface area contributed by atoms with E-state index in [4.69, 9.17) is 24.4 Å². The highest BCUT2D eigenvalue weighted by Crippen LogP contribution is 2.35. The Bertz CT molecular complexity index is 431. The zero-order chi connectivity index (χ0) is 19.5. The van der Waals surface area contributed by atoms with Gasteiger partial charge < -0.3 is 59.8 Å². The Morgan fingerprint density at radius 1 is 0.808 bits per heavy atom. The highest BCUT2D eigenvalue weighted by atomic mass is 16.8. The van der Waals surface area contributed by atoms with E-state index >= 15 is 0 Å². The maximum atomic E-state index is 10.00. The van der Waals surface area contributed by atoms with Crippen LogP contribution in [0.25, 0.3) is 0 Å². The molecule has 154 valence electrons. The second-order valence-corrected chi connectivity index (χ2v) is 6.17. The molecule has 0 saturated carbocycles. The molecule has 0 aromatic carbocycles. The molecule has 0 bridgehead atoms. The minimum Gasteiger partial charge on any atom is -0.394 e. The average Bonchev–Trinajstić information content (AvgIpc) is 3.51. The van der Waals surface area contributed by atoms with Gasteiger partial charge in [-0.25, -0.2) is 0 Å². The quantitative estimate of drug-likeness (QED) is 0.209. The van der Waals surface area contributed by atoms with E-state index < -0.39 is 74.6 Å². The molecule has 26 heavy (non-hydrogen) atoms. The lowest BCUT2D eigenvalue weighted by Crippen LogP contribution is -2.62. The summed E-state index contributed by atoms with van der Waals surface area (Å²) in [5.41, 5.74) is 0. The summed E-state index contributed by atoms with van der Waals surface area (Å²) >= 11 is 0. The number of rotatable bonds is 5. The summed E-state index contributed by atoms with van der Waals surface area (Å²) in [6, 6.07) is 0.